The molecule has 1 aromatic carbocycles. The zero-order valence-electron chi connectivity index (χ0n) is 13.8. The van der Waals surface area contributed by atoms with Gasteiger partial charge in [-0.1, -0.05) is 45.9 Å². The Morgan fingerprint density at radius 2 is 1.50 bits per heavy atom. The van der Waals surface area contributed by atoms with Gasteiger partial charge in [0.15, 0.2) is 0 Å². The topological polar surface area (TPSA) is 54.9 Å². The molecule has 0 aliphatic heterocycles. The molecule has 0 atom stereocenters. The predicted molar refractivity (Wildman–Crippen MR) is 89.3 cm³/mol. The molecule has 0 bridgehead atoms. The number of anilines is 1. The van der Waals surface area contributed by atoms with Crippen LogP contribution in [0.4, 0.5) is 5.69 Å². The number of nitrogens with zero attached hydrogens (tertiary/aromatic N) is 2. The van der Waals surface area contributed by atoms with E-state index in [1.807, 2.05) is 0 Å². The van der Waals surface area contributed by atoms with Gasteiger partial charge in [0.1, 0.15) is 5.82 Å². The molecular formula is C18H23N3O. The second kappa shape index (κ2) is 6.69. The molecule has 0 radical (unpaired) electrons. The van der Waals surface area contributed by atoms with Crippen molar-refractivity contribution in [1.29, 1.82) is 0 Å². The van der Waals surface area contributed by atoms with Gasteiger partial charge in [-0.05, 0) is 29.9 Å². The van der Waals surface area contributed by atoms with Crippen LogP contribution in [0, 0.1) is 6.92 Å². The van der Waals surface area contributed by atoms with E-state index in [0.29, 0.717) is 23.2 Å². The van der Waals surface area contributed by atoms with Gasteiger partial charge in [-0.3, -0.25) is 4.79 Å². The second-order valence-corrected chi connectivity index (χ2v) is 6.09. The maximum atomic E-state index is 12.5. The fourth-order valence-electron chi connectivity index (χ4n) is 2.39. The van der Waals surface area contributed by atoms with Crippen LogP contribution in [0.15, 0.2) is 30.6 Å². The van der Waals surface area contributed by atoms with Gasteiger partial charge in [0, 0.05) is 18.1 Å². The summed E-state index contributed by atoms with van der Waals surface area (Å²) in [7, 11) is 0. The molecule has 2 rings (SSSR count). The normalized spacial score (nSPS) is 11.0. The van der Waals surface area contributed by atoms with Gasteiger partial charge < -0.3 is 5.32 Å². The highest BCUT2D eigenvalue weighted by Gasteiger charge is 2.17. The third kappa shape index (κ3) is 3.50. The number of para-hydroxylation sites is 1. The predicted octanol–water partition coefficient (Wildman–Crippen LogP) is 4.28. The largest absolute Gasteiger partial charge is 0.321 e. The van der Waals surface area contributed by atoms with Gasteiger partial charge in [-0.2, -0.15) is 0 Å². The van der Waals surface area contributed by atoms with Crippen LogP contribution in [0.3, 0.4) is 0 Å². The van der Waals surface area contributed by atoms with Crippen molar-refractivity contribution in [2.45, 2.75) is 46.5 Å². The molecule has 0 aliphatic carbocycles. The molecule has 0 spiro atoms. The van der Waals surface area contributed by atoms with E-state index >= 15 is 0 Å². The van der Waals surface area contributed by atoms with Crippen LogP contribution in [0.2, 0.25) is 0 Å². The summed E-state index contributed by atoms with van der Waals surface area (Å²) in [5.74, 6) is 1.16. The third-order valence-electron chi connectivity index (χ3n) is 3.65. The number of amides is 1. The fourth-order valence-corrected chi connectivity index (χ4v) is 2.39. The summed E-state index contributed by atoms with van der Waals surface area (Å²) in [5.41, 5.74) is 3.68. The Kier molecular flexibility index (Phi) is 4.91. The van der Waals surface area contributed by atoms with E-state index in [9.17, 15) is 4.79 Å². The minimum absolute atomic E-state index is 0.171. The van der Waals surface area contributed by atoms with Crippen molar-refractivity contribution in [3.05, 3.63) is 53.1 Å². The summed E-state index contributed by atoms with van der Waals surface area (Å²) in [4.78, 5) is 20.7. The Bertz CT molecular complexity index is 634. The van der Waals surface area contributed by atoms with E-state index in [1.165, 1.54) is 0 Å². The highest BCUT2D eigenvalue weighted by molar-refractivity contribution is 6.04. The summed E-state index contributed by atoms with van der Waals surface area (Å²) in [6, 6.07) is 6.19. The lowest BCUT2D eigenvalue weighted by Crippen LogP contribution is -2.16. The molecule has 1 amide bonds. The van der Waals surface area contributed by atoms with Crippen molar-refractivity contribution < 1.29 is 4.79 Å². The first kappa shape index (κ1) is 16.1. The van der Waals surface area contributed by atoms with Crippen LogP contribution < -0.4 is 5.32 Å². The van der Waals surface area contributed by atoms with Crippen LogP contribution in [0.5, 0.6) is 0 Å². The van der Waals surface area contributed by atoms with Crippen LogP contribution in [-0.4, -0.2) is 15.9 Å². The van der Waals surface area contributed by atoms with Gasteiger partial charge in [0.2, 0.25) is 0 Å². The smallest absolute Gasteiger partial charge is 0.258 e. The first-order valence-electron chi connectivity index (χ1n) is 7.63. The molecule has 22 heavy (non-hydrogen) atoms. The van der Waals surface area contributed by atoms with Crippen LogP contribution in [0.25, 0.3) is 0 Å². The lowest BCUT2D eigenvalue weighted by atomic mass is 9.92. The number of benzene rings is 1. The molecule has 1 aromatic heterocycles. The summed E-state index contributed by atoms with van der Waals surface area (Å²) in [5, 5.41) is 3.06. The highest BCUT2D eigenvalue weighted by Crippen LogP contribution is 2.32. The van der Waals surface area contributed by atoms with Crippen LogP contribution in [-0.2, 0) is 0 Å². The summed E-state index contributed by atoms with van der Waals surface area (Å²) < 4.78 is 0. The maximum absolute atomic E-state index is 12.5. The zero-order valence-corrected chi connectivity index (χ0v) is 13.8. The monoisotopic (exact) mass is 297 g/mol. The molecule has 0 unspecified atom stereocenters. The van der Waals surface area contributed by atoms with Crippen molar-refractivity contribution in [1.82, 2.24) is 9.97 Å². The molecular weight excluding hydrogens is 274 g/mol. The standard InChI is InChI=1S/C18H23N3O/c1-11(2)15-7-6-8-16(12(3)4)17(15)21-18(22)14-9-19-13(5)20-10-14/h6-12H,1-5H3,(H,21,22). The summed E-state index contributed by atoms with van der Waals surface area (Å²) in [6.07, 6.45) is 3.12. The number of aromatic nitrogens is 2. The Morgan fingerprint density at radius 3 is 1.95 bits per heavy atom. The number of carbonyl (C=O) groups is 1. The fraction of sp³-hybridized carbons (Fsp3) is 0.389. The van der Waals surface area contributed by atoms with Crippen molar-refractivity contribution in [2.24, 2.45) is 0 Å². The van der Waals surface area contributed by atoms with E-state index in [0.717, 1.165) is 16.8 Å². The molecule has 0 saturated heterocycles. The SMILES string of the molecule is Cc1ncc(C(=O)Nc2c(C(C)C)cccc2C(C)C)cn1. The molecule has 0 fully saturated rings. The number of hydrogen-bond donors (Lipinski definition) is 1. The molecule has 2 aromatic rings. The van der Waals surface area contributed by atoms with Gasteiger partial charge in [0.05, 0.1) is 5.56 Å². The molecule has 0 aliphatic rings. The van der Waals surface area contributed by atoms with Gasteiger partial charge >= 0.3 is 0 Å². The van der Waals surface area contributed by atoms with E-state index in [4.69, 9.17) is 0 Å². The van der Waals surface area contributed by atoms with Crippen LogP contribution in [0.1, 0.15) is 66.8 Å². The number of carbonyl (C=O) groups excluding carboxylic acids is 1. The van der Waals surface area contributed by atoms with Crippen molar-refractivity contribution in [3.63, 3.8) is 0 Å². The van der Waals surface area contributed by atoms with E-state index in [1.54, 1.807) is 19.3 Å². The zero-order chi connectivity index (χ0) is 16.3. The van der Waals surface area contributed by atoms with E-state index in [-0.39, 0.29) is 5.91 Å². The number of hydrogen-bond acceptors (Lipinski definition) is 3. The average Bonchev–Trinajstić information content (AvgIpc) is 2.47. The van der Waals surface area contributed by atoms with Gasteiger partial charge in [0.25, 0.3) is 5.91 Å². The second-order valence-electron chi connectivity index (χ2n) is 6.09. The van der Waals surface area contributed by atoms with E-state index in [2.05, 4.69) is 61.2 Å². The summed E-state index contributed by atoms with van der Waals surface area (Å²) >= 11 is 0. The maximum Gasteiger partial charge on any atom is 0.258 e. The quantitative estimate of drug-likeness (QED) is 0.916. The molecule has 4 nitrogen and oxygen atoms in total. The number of aryl methyl sites for hydroxylation is 1. The van der Waals surface area contributed by atoms with Gasteiger partial charge in [-0.15, -0.1) is 0 Å². The Labute approximate surface area is 132 Å². The molecule has 1 N–H and O–H groups in total. The third-order valence-corrected chi connectivity index (χ3v) is 3.65. The first-order valence-corrected chi connectivity index (χ1v) is 7.63. The minimum Gasteiger partial charge on any atom is -0.321 e. The van der Waals surface area contributed by atoms with E-state index < -0.39 is 0 Å². The van der Waals surface area contributed by atoms with Crippen molar-refractivity contribution >= 4 is 11.6 Å². The molecule has 0 saturated carbocycles. The number of nitrogens with one attached hydrogen (secondary N) is 1. The summed E-state index contributed by atoms with van der Waals surface area (Å²) in [6.45, 7) is 10.3. The lowest BCUT2D eigenvalue weighted by molar-refractivity contribution is 0.102. The van der Waals surface area contributed by atoms with Crippen molar-refractivity contribution in [2.75, 3.05) is 5.32 Å². The molecule has 116 valence electrons. The molecule has 1 heterocycles. The Hall–Kier alpha value is -2.23. The highest BCUT2D eigenvalue weighted by atomic mass is 16.1. The molecule has 4 heteroatoms. The number of rotatable bonds is 4. The van der Waals surface area contributed by atoms with Gasteiger partial charge in [-0.25, -0.2) is 9.97 Å². The average molecular weight is 297 g/mol. The van der Waals surface area contributed by atoms with Crippen LogP contribution >= 0.6 is 0 Å². The lowest BCUT2D eigenvalue weighted by Gasteiger charge is -2.20. The van der Waals surface area contributed by atoms with Crippen molar-refractivity contribution in [3.8, 4) is 0 Å². The minimum atomic E-state index is -0.171. The Morgan fingerprint density at radius 1 is 1.00 bits per heavy atom. The first-order chi connectivity index (χ1) is 10.4. The Balaban J connectivity index is 2.39.